The molecule has 0 aliphatic carbocycles. The summed E-state index contributed by atoms with van der Waals surface area (Å²) in [7, 11) is 6.29. The maximum Gasteiger partial charge on any atom is 0.224 e. The topological polar surface area (TPSA) is 11.5 Å². The number of fused-ring (bicyclic) bond motifs is 7. The Bertz CT molecular complexity index is 1930. The molecule has 0 saturated carbocycles. The van der Waals surface area contributed by atoms with Crippen LogP contribution in [0.15, 0.2) is 66.9 Å². The fraction of sp³-hybridized carbons (Fsp3) is 0.138. The van der Waals surface area contributed by atoms with Crippen LogP contribution in [0.25, 0.3) is 59.8 Å². The molecule has 0 radical (unpaired) electrons. The minimum atomic E-state index is -0.167. The van der Waals surface area contributed by atoms with Crippen LogP contribution in [0.4, 0.5) is 10.1 Å². The van der Waals surface area contributed by atoms with E-state index in [-0.39, 0.29) is 5.82 Å². The number of hydrogen-bond donors (Lipinski definition) is 0. The summed E-state index contributed by atoms with van der Waals surface area (Å²) >= 11 is 0. The van der Waals surface area contributed by atoms with E-state index in [1.54, 1.807) is 6.07 Å². The van der Waals surface area contributed by atoms with Gasteiger partial charge in [-0.25, -0.2) is 8.96 Å². The summed E-state index contributed by atoms with van der Waals surface area (Å²) in [6.45, 7) is 2.22. The van der Waals surface area contributed by atoms with Gasteiger partial charge >= 0.3 is 0 Å². The van der Waals surface area contributed by atoms with Crippen LogP contribution in [0.1, 0.15) is 5.56 Å². The molecule has 0 saturated heterocycles. The molecule has 3 nitrogen and oxygen atoms in total. The monoisotopic (exact) mass is 432 g/mol. The zero-order valence-corrected chi connectivity index (χ0v) is 19.1. The Kier molecular flexibility index (Phi) is 3.45. The van der Waals surface area contributed by atoms with Crippen LogP contribution in [0.2, 0.25) is 0 Å². The molecule has 33 heavy (non-hydrogen) atoms. The minimum Gasteiger partial charge on any atom is -0.375 e. The Labute approximate surface area is 190 Å². The number of benzene rings is 4. The second-order valence-corrected chi connectivity index (χ2v) is 9.31. The van der Waals surface area contributed by atoms with Crippen LogP contribution in [-0.4, -0.2) is 18.5 Å². The number of aryl methyl sites for hydroxylation is 2. The number of para-hydroxylation sites is 1. The summed E-state index contributed by atoms with van der Waals surface area (Å²) in [6, 6.07) is 20.5. The number of rotatable bonds is 1. The summed E-state index contributed by atoms with van der Waals surface area (Å²) in [5, 5.41) is 7.37. The van der Waals surface area contributed by atoms with Crippen molar-refractivity contribution in [3.63, 3.8) is 0 Å². The predicted molar refractivity (Wildman–Crippen MR) is 136 cm³/mol. The van der Waals surface area contributed by atoms with Gasteiger partial charge in [0.1, 0.15) is 12.9 Å². The first-order valence-corrected chi connectivity index (χ1v) is 11.3. The van der Waals surface area contributed by atoms with Gasteiger partial charge in [0, 0.05) is 36.3 Å². The lowest BCUT2D eigenvalue weighted by molar-refractivity contribution is -0.643. The number of hydrogen-bond acceptors (Lipinski definition) is 1. The van der Waals surface area contributed by atoms with E-state index in [4.69, 9.17) is 0 Å². The molecule has 4 heteroatoms. The van der Waals surface area contributed by atoms with Crippen molar-refractivity contribution in [3.8, 4) is 0 Å². The number of aromatic nitrogens is 2. The van der Waals surface area contributed by atoms with E-state index in [9.17, 15) is 0 Å². The molecular formula is C29H23FN3+. The zero-order chi connectivity index (χ0) is 22.6. The summed E-state index contributed by atoms with van der Waals surface area (Å²) in [4.78, 5) is 2.20. The Morgan fingerprint density at radius 1 is 0.818 bits per heavy atom. The molecule has 0 atom stereocenters. The Morgan fingerprint density at radius 3 is 2.27 bits per heavy atom. The van der Waals surface area contributed by atoms with Gasteiger partial charge in [0.2, 0.25) is 5.52 Å². The molecule has 7 rings (SSSR count). The fourth-order valence-corrected chi connectivity index (χ4v) is 6.03. The van der Waals surface area contributed by atoms with Gasteiger partial charge in [-0.15, -0.1) is 0 Å². The number of nitrogens with zero attached hydrogens (tertiary/aromatic N) is 3. The first-order chi connectivity index (χ1) is 16.0. The van der Waals surface area contributed by atoms with Gasteiger partial charge in [-0.1, -0.05) is 42.5 Å². The zero-order valence-electron chi connectivity index (χ0n) is 19.1. The minimum absolute atomic E-state index is 0.167. The van der Waals surface area contributed by atoms with E-state index in [0.29, 0.717) is 5.39 Å². The van der Waals surface area contributed by atoms with E-state index in [1.807, 2.05) is 24.3 Å². The van der Waals surface area contributed by atoms with Gasteiger partial charge in [-0.2, -0.15) is 0 Å². The molecule has 3 aromatic heterocycles. The van der Waals surface area contributed by atoms with Crippen molar-refractivity contribution < 1.29 is 8.96 Å². The van der Waals surface area contributed by atoms with Gasteiger partial charge in [0.25, 0.3) is 0 Å². The Morgan fingerprint density at radius 2 is 1.52 bits per heavy atom. The van der Waals surface area contributed by atoms with Crippen molar-refractivity contribution in [1.29, 1.82) is 0 Å². The van der Waals surface area contributed by atoms with Crippen LogP contribution in [0.3, 0.4) is 0 Å². The Balaban J connectivity index is 2.03. The second-order valence-electron chi connectivity index (χ2n) is 9.31. The van der Waals surface area contributed by atoms with Gasteiger partial charge in [-0.3, -0.25) is 0 Å². The van der Waals surface area contributed by atoms with Gasteiger partial charge in [0.15, 0.2) is 6.20 Å². The molecule has 0 N–H and O–H groups in total. The third-order valence-electron chi connectivity index (χ3n) is 7.32. The summed E-state index contributed by atoms with van der Waals surface area (Å²) in [6.07, 6.45) is 2.05. The lowest BCUT2D eigenvalue weighted by Gasteiger charge is -2.23. The molecule has 3 heterocycles. The first kappa shape index (κ1) is 18.6. The van der Waals surface area contributed by atoms with Crippen LogP contribution in [0, 0.1) is 12.7 Å². The summed E-state index contributed by atoms with van der Waals surface area (Å²) in [5.41, 5.74) is 6.67. The smallest absolute Gasteiger partial charge is 0.224 e. The quantitative estimate of drug-likeness (QED) is 0.164. The highest BCUT2D eigenvalue weighted by Gasteiger charge is 2.28. The average Bonchev–Trinajstić information content (AvgIpc) is 3.16. The maximum absolute atomic E-state index is 15.7. The SMILES string of the molecule is Cc1c2ccccc2c(N(C)C)c2c1c1c3c(cc[n+]1C)cc(F)c1c4ccccc4n2c13. The molecule has 0 aliphatic rings. The van der Waals surface area contributed by atoms with Crippen LogP contribution >= 0.6 is 0 Å². The van der Waals surface area contributed by atoms with Crippen molar-refractivity contribution in [3.05, 3.63) is 78.2 Å². The van der Waals surface area contributed by atoms with Gasteiger partial charge in [0.05, 0.1) is 33.0 Å². The van der Waals surface area contributed by atoms with E-state index >= 15 is 4.39 Å². The normalized spacial score (nSPS) is 12.4. The summed E-state index contributed by atoms with van der Waals surface area (Å²) < 4.78 is 20.2. The van der Waals surface area contributed by atoms with E-state index in [0.717, 1.165) is 43.9 Å². The molecule has 0 unspecified atom stereocenters. The lowest BCUT2D eigenvalue weighted by atomic mass is 9.94. The van der Waals surface area contributed by atoms with Crippen molar-refractivity contribution in [2.75, 3.05) is 19.0 Å². The molecule has 0 amide bonds. The third kappa shape index (κ3) is 2.11. The molecular weight excluding hydrogens is 409 g/mol. The second kappa shape index (κ2) is 6.10. The van der Waals surface area contributed by atoms with Crippen molar-refractivity contribution in [2.24, 2.45) is 7.05 Å². The largest absolute Gasteiger partial charge is 0.375 e. The molecule has 160 valence electrons. The van der Waals surface area contributed by atoms with Crippen molar-refractivity contribution in [1.82, 2.24) is 4.40 Å². The van der Waals surface area contributed by atoms with Crippen molar-refractivity contribution >= 4 is 65.5 Å². The molecule has 0 spiro atoms. The first-order valence-electron chi connectivity index (χ1n) is 11.3. The van der Waals surface area contributed by atoms with E-state index < -0.39 is 0 Å². The van der Waals surface area contributed by atoms with E-state index in [1.165, 1.54) is 21.7 Å². The van der Waals surface area contributed by atoms with Gasteiger partial charge < -0.3 is 9.30 Å². The number of anilines is 1. The van der Waals surface area contributed by atoms with Crippen molar-refractivity contribution in [2.45, 2.75) is 6.92 Å². The van der Waals surface area contributed by atoms with Crippen LogP contribution in [0.5, 0.6) is 0 Å². The Hall–Kier alpha value is -3.92. The molecule has 7 aromatic rings. The highest BCUT2D eigenvalue weighted by molar-refractivity contribution is 6.30. The van der Waals surface area contributed by atoms with Crippen LogP contribution < -0.4 is 9.47 Å². The highest BCUT2D eigenvalue weighted by Crippen LogP contribution is 2.46. The highest BCUT2D eigenvalue weighted by atomic mass is 19.1. The predicted octanol–water partition coefficient (Wildman–Crippen LogP) is 6.48. The average molecular weight is 433 g/mol. The maximum atomic E-state index is 15.7. The molecule has 0 fully saturated rings. The van der Waals surface area contributed by atoms with Gasteiger partial charge in [-0.05, 0) is 35.4 Å². The van der Waals surface area contributed by atoms with E-state index in [2.05, 4.69) is 78.5 Å². The molecule has 4 aromatic carbocycles. The molecule has 0 bridgehead atoms. The fourth-order valence-electron chi connectivity index (χ4n) is 6.03. The molecule has 0 aliphatic heterocycles. The number of pyridine rings is 2. The lowest BCUT2D eigenvalue weighted by Crippen LogP contribution is -2.29. The standard InChI is InChI=1S/C29H23FN3/c1-16-18-9-5-6-10-19(18)26(31(2)3)29-23(16)27-24-17(13-14-32(27)4)15-21(30)25-20-11-7-8-12-22(20)33(29)28(24)25/h5-15H,1-4H3/q+1. The van der Waals surface area contributed by atoms with Crippen LogP contribution in [-0.2, 0) is 7.05 Å². The third-order valence-corrected chi connectivity index (χ3v) is 7.32. The summed E-state index contributed by atoms with van der Waals surface area (Å²) in [5.74, 6) is -0.167. The number of halogens is 1.